The van der Waals surface area contributed by atoms with Crippen molar-refractivity contribution in [3.05, 3.63) is 42.5 Å². The number of hydrogen-bond acceptors (Lipinski definition) is 4. The average molecular weight is 326 g/mol. The summed E-state index contributed by atoms with van der Waals surface area (Å²) in [6, 6.07) is 14.3. The Morgan fingerprint density at radius 3 is 2.38 bits per heavy atom. The second kappa shape index (κ2) is 8.39. The quantitative estimate of drug-likeness (QED) is 0.698. The molecule has 0 fully saturated rings. The van der Waals surface area contributed by atoms with Gasteiger partial charge in [0.05, 0.1) is 17.5 Å². The van der Waals surface area contributed by atoms with E-state index in [-0.39, 0.29) is 12.1 Å². The fourth-order valence-electron chi connectivity index (χ4n) is 2.59. The Morgan fingerprint density at radius 2 is 1.79 bits per heavy atom. The number of nitrogens with one attached hydrogen (secondary N) is 2. The van der Waals surface area contributed by atoms with Gasteiger partial charge >= 0.3 is 0 Å². The lowest BCUT2D eigenvalue weighted by Gasteiger charge is -2.20. The van der Waals surface area contributed by atoms with Crippen LogP contribution in [0, 0.1) is 0 Å². The van der Waals surface area contributed by atoms with E-state index in [1.807, 2.05) is 52.1 Å². The smallest absolute Gasteiger partial charge is 0.122 e. The molecule has 0 aliphatic heterocycles. The fourth-order valence-corrected chi connectivity index (χ4v) is 2.59. The van der Waals surface area contributed by atoms with Gasteiger partial charge in [0.15, 0.2) is 0 Å². The van der Waals surface area contributed by atoms with Crippen molar-refractivity contribution in [1.29, 1.82) is 0 Å². The Morgan fingerprint density at radius 1 is 1.08 bits per heavy atom. The number of aldehydes is 1. The van der Waals surface area contributed by atoms with Crippen LogP contribution in [0.25, 0.3) is 11.1 Å². The topological polar surface area (TPSA) is 50.4 Å². The van der Waals surface area contributed by atoms with E-state index in [0.717, 1.165) is 34.5 Å². The third kappa shape index (κ3) is 4.51. The van der Waals surface area contributed by atoms with Gasteiger partial charge < -0.3 is 20.2 Å². The van der Waals surface area contributed by atoms with Crippen molar-refractivity contribution in [2.24, 2.45) is 0 Å². The summed E-state index contributed by atoms with van der Waals surface area (Å²) in [7, 11) is 1.90. The Hall–Kier alpha value is -2.49. The van der Waals surface area contributed by atoms with Crippen LogP contribution < -0.4 is 15.4 Å². The molecule has 0 saturated heterocycles. The van der Waals surface area contributed by atoms with Gasteiger partial charge in [-0.1, -0.05) is 24.3 Å². The number of anilines is 2. The number of rotatable bonds is 8. The highest BCUT2D eigenvalue weighted by atomic mass is 16.5. The van der Waals surface area contributed by atoms with Crippen molar-refractivity contribution in [3.8, 4) is 16.9 Å². The number of benzene rings is 2. The van der Waals surface area contributed by atoms with Crippen molar-refractivity contribution < 1.29 is 9.53 Å². The zero-order valence-corrected chi connectivity index (χ0v) is 14.8. The lowest BCUT2D eigenvalue weighted by Crippen LogP contribution is -2.17. The Bertz CT molecular complexity index is 666. The summed E-state index contributed by atoms with van der Waals surface area (Å²) in [6.07, 6.45) is 1.57. The van der Waals surface area contributed by atoms with Crippen LogP contribution in [0.4, 0.5) is 11.4 Å². The number of para-hydroxylation sites is 1. The molecule has 0 aliphatic rings. The summed E-state index contributed by atoms with van der Waals surface area (Å²) < 4.78 is 5.71. The summed E-state index contributed by atoms with van der Waals surface area (Å²) in [5, 5.41) is 6.67. The Labute approximate surface area is 144 Å². The molecule has 1 unspecified atom stereocenters. The van der Waals surface area contributed by atoms with Gasteiger partial charge in [-0.3, -0.25) is 0 Å². The van der Waals surface area contributed by atoms with E-state index in [0.29, 0.717) is 6.42 Å². The van der Waals surface area contributed by atoms with Crippen molar-refractivity contribution in [1.82, 2.24) is 0 Å². The highest BCUT2D eigenvalue weighted by Crippen LogP contribution is 2.35. The second-order valence-corrected chi connectivity index (χ2v) is 6.12. The third-order valence-corrected chi connectivity index (χ3v) is 3.71. The first-order chi connectivity index (χ1) is 11.5. The first-order valence-corrected chi connectivity index (χ1v) is 8.33. The predicted molar refractivity (Wildman–Crippen MR) is 101 cm³/mol. The SMILES string of the molecule is CNc1cccc(-c2ccc(OC(C)C)cc2)c1NC(C)CC=O. The van der Waals surface area contributed by atoms with E-state index in [1.165, 1.54) is 0 Å². The molecule has 0 saturated carbocycles. The normalized spacial score (nSPS) is 11.9. The Balaban J connectivity index is 2.36. The summed E-state index contributed by atoms with van der Waals surface area (Å²) in [6.45, 7) is 6.03. The van der Waals surface area contributed by atoms with E-state index >= 15 is 0 Å². The monoisotopic (exact) mass is 326 g/mol. The molecular weight excluding hydrogens is 300 g/mol. The van der Waals surface area contributed by atoms with Gasteiger partial charge in [-0.2, -0.15) is 0 Å². The summed E-state index contributed by atoms with van der Waals surface area (Å²) >= 11 is 0. The zero-order valence-electron chi connectivity index (χ0n) is 14.8. The lowest BCUT2D eigenvalue weighted by molar-refractivity contribution is -0.107. The fraction of sp³-hybridized carbons (Fsp3) is 0.350. The molecule has 2 N–H and O–H groups in total. The predicted octanol–water partition coefficient (Wildman–Crippen LogP) is 4.57. The number of carbonyl (C=O) groups excluding carboxylic acids is 1. The van der Waals surface area contributed by atoms with Gasteiger partial charge in [-0.15, -0.1) is 0 Å². The molecule has 2 rings (SSSR count). The highest BCUT2D eigenvalue weighted by molar-refractivity contribution is 5.87. The van der Waals surface area contributed by atoms with Gasteiger partial charge in [0, 0.05) is 25.1 Å². The lowest BCUT2D eigenvalue weighted by atomic mass is 10.0. The minimum absolute atomic E-state index is 0.0688. The van der Waals surface area contributed by atoms with E-state index in [1.54, 1.807) is 0 Å². The van der Waals surface area contributed by atoms with Gasteiger partial charge in [0.2, 0.25) is 0 Å². The molecule has 128 valence electrons. The molecule has 24 heavy (non-hydrogen) atoms. The molecule has 4 nitrogen and oxygen atoms in total. The number of carbonyl (C=O) groups is 1. The molecule has 0 aliphatic carbocycles. The van der Waals surface area contributed by atoms with Crippen LogP contribution in [0.15, 0.2) is 42.5 Å². The number of hydrogen-bond donors (Lipinski definition) is 2. The average Bonchev–Trinajstić information content (AvgIpc) is 2.55. The second-order valence-electron chi connectivity index (χ2n) is 6.12. The highest BCUT2D eigenvalue weighted by Gasteiger charge is 2.12. The first-order valence-electron chi connectivity index (χ1n) is 8.33. The van der Waals surface area contributed by atoms with Crippen LogP contribution >= 0.6 is 0 Å². The maximum atomic E-state index is 10.8. The molecule has 0 heterocycles. The standard InChI is InChI=1S/C20H26N2O2/c1-14(2)24-17-10-8-16(9-11-17)18-6-5-7-19(21-4)20(18)22-15(3)12-13-23/h5-11,13-15,21-22H,12H2,1-4H3. The van der Waals surface area contributed by atoms with E-state index in [2.05, 4.69) is 28.8 Å². The molecule has 0 amide bonds. The van der Waals surface area contributed by atoms with Gasteiger partial charge in [0.1, 0.15) is 12.0 Å². The maximum absolute atomic E-state index is 10.8. The zero-order chi connectivity index (χ0) is 17.5. The molecule has 2 aromatic carbocycles. The van der Waals surface area contributed by atoms with Crippen LogP contribution in [0.3, 0.4) is 0 Å². The van der Waals surface area contributed by atoms with Crippen molar-refractivity contribution in [2.75, 3.05) is 17.7 Å². The van der Waals surface area contributed by atoms with Gasteiger partial charge in [-0.25, -0.2) is 0 Å². The minimum atomic E-state index is 0.0688. The number of ether oxygens (including phenoxy) is 1. The van der Waals surface area contributed by atoms with E-state index < -0.39 is 0 Å². The van der Waals surface area contributed by atoms with Crippen LogP contribution in [0.1, 0.15) is 27.2 Å². The third-order valence-electron chi connectivity index (χ3n) is 3.71. The van der Waals surface area contributed by atoms with Crippen molar-refractivity contribution >= 4 is 17.7 Å². The minimum Gasteiger partial charge on any atom is -0.491 e. The molecule has 1 atom stereocenters. The van der Waals surface area contributed by atoms with Crippen LogP contribution in [0.5, 0.6) is 5.75 Å². The van der Waals surface area contributed by atoms with Crippen LogP contribution in [-0.4, -0.2) is 25.5 Å². The maximum Gasteiger partial charge on any atom is 0.122 e. The molecule has 0 aromatic heterocycles. The molecular formula is C20H26N2O2. The molecule has 2 aromatic rings. The first kappa shape index (κ1) is 17.9. The molecule has 4 heteroatoms. The van der Waals surface area contributed by atoms with Crippen LogP contribution in [-0.2, 0) is 4.79 Å². The molecule has 0 radical (unpaired) electrons. The van der Waals surface area contributed by atoms with Gasteiger partial charge in [-0.05, 0) is 44.5 Å². The summed E-state index contributed by atoms with van der Waals surface area (Å²) in [5.41, 5.74) is 4.21. The van der Waals surface area contributed by atoms with Gasteiger partial charge in [0.25, 0.3) is 0 Å². The van der Waals surface area contributed by atoms with Crippen LogP contribution in [0.2, 0.25) is 0 Å². The Kier molecular flexibility index (Phi) is 6.24. The largest absolute Gasteiger partial charge is 0.491 e. The van der Waals surface area contributed by atoms with Crippen molar-refractivity contribution in [3.63, 3.8) is 0 Å². The summed E-state index contributed by atoms with van der Waals surface area (Å²) in [4.78, 5) is 10.8. The van der Waals surface area contributed by atoms with E-state index in [9.17, 15) is 4.79 Å². The molecule has 0 spiro atoms. The molecule has 0 bridgehead atoms. The summed E-state index contributed by atoms with van der Waals surface area (Å²) in [5.74, 6) is 0.863. The van der Waals surface area contributed by atoms with E-state index in [4.69, 9.17) is 4.74 Å². The van der Waals surface area contributed by atoms with Crippen molar-refractivity contribution in [2.45, 2.75) is 39.3 Å².